The zero-order valence-electron chi connectivity index (χ0n) is 23.4. The monoisotopic (exact) mass is 654 g/mol. The summed E-state index contributed by atoms with van der Waals surface area (Å²) in [5, 5.41) is 39.7. The van der Waals surface area contributed by atoms with E-state index in [1.165, 1.54) is 36.4 Å². The van der Waals surface area contributed by atoms with Crippen molar-refractivity contribution in [1.29, 1.82) is 0 Å². The van der Waals surface area contributed by atoms with Crippen molar-refractivity contribution in [2.24, 2.45) is 20.5 Å². The van der Waals surface area contributed by atoms with Crippen LogP contribution in [0, 0.1) is 0 Å². The van der Waals surface area contributed by atoms with Crippen LogP contribution in [0.2, 0.25) is 0 Å². The van der Waals surface area contributed by atoms with Crippen LogP contribution in [0.3, 0.4) is 0 Å². The second kappa shape index (κ2) is 11.8. The molecular formula is C32H22N4O8S2. The van der Waals surface area contributed by atoms with Gasteiger partial charge in [-0.15, -0.1) is 10.2 Å². The molecule has 0 heterocycles. The number of benzene rings is 6. The van der Waals surface area contributed by atoms with E-state index in [0.717, 1.165) is 22.9 Å². The molecule has 0 bridgehead atoms. The van der Waals surface area contributed by atoms with Gasteiger partial charge in [-0.3, -0.25) is 9.11 Å². The lowest BCUT2D eigenvalue weighted by Gasteiger charge is -2.12. The standard InChI is InChI=1S/C32H22N4O8S2/c37-27-15-9-19-5-1-3-7-23(19)31(27)35-33-21-11-13-25(29(17-21)45(39,40)41)26-14-12-22(18-30(26)46(42,43)44)34-36-32-24-8-4-2-6-20(24)10-16-28(32)38/h1-18,37-38H,(H,39,40,41)(H,42,43,44). The third kappa shape index (κ3) is 6.05. The average molecular weight is 655 g/mol. The Balaban J connectivity index is 1.43. The highest BCUT2D eigenvalue weighted by Gasteiger charge is 2.24. The van der Waals surface area contributed by atoms with Crippen molar-refractivity contribution in [3.8, 4) is 22.6 Å². The fourth-order valence-corrected chi connectivity index (χ4v) is 6.38. The minimum atomic E-state index is -4.97. The molecule has 0 aliphatic carbocycles. The van der Waals surface area contributed by atoms with Gasteiger partial charge in [-0.25, -0.2) is 0 Å². The Hall–Kier alpha value is -5.54. The minimum absolute atomic E-state index is 0.0440. The van der Waals surface area contributed by atoms with Gasteiger partial charge < -0.3 is 10.2 Å². The molecule has 0 saturated heterocycles. The number of hydrogen-bond donors (Lipinski definition) is 4. The first-order valence-electron chi connectivity index (χ1n) is 13.4. The SMILES string of the molecule is O=S(=O)(O)c1cc(N=Nc2c(O)ccc3ccccc23)ccc1-c1ccc(N=Nc2c(O)ccc3ccccc23)cc1S(=O)(=O)O. The van der Waals surface area contributed by atoms with E-state index in [9.17, 15) is 36.2 Å². The van der Waals surface area contributed by atoms with Gasteiger partial charge in [0.1, 0.15) is 32.7 Å². The Kier molecular flexibility index (Phi) is 7.79. The second-order valence-corrected chi connectivity index (χ2v) is 12.8. The van der Waals surface area contributed by atoms with Crippen LogP contribution in [0.25, 0.3) is 32.7 Å². The number of fused-ring (bicyclic) bond motifs is 2. The molecule has 12 nitrogen and oxygen atoms in total. The van der Waals surface area contributed by atoms with Gasteiger partial charge in [0, 0.05) is 21.9 Å². The van der Waals surface area contributed by atoms with Gasteiger partial charge in [0.25, 0.3) is 20.2 Å². The molecular weight excluding hydrogens is 633 g/mol. The highest BCUT2D eigenvalue weighted by molar-refractivity contribution is 7.86. The average Bonchev–Trinajstić information content (AvgIpc) is 3.03. The topological polar surface area (TPSA) is 199 Å². The van der Waals surface area contributed by atoms with E-state index in [4.69, 9.17) is 0 Å². The summed E-state index contributed by atoms with van der Waals surface area (Å²) in [5.74, 6) is -0.334. The van der Waals surface area contributed by atoms with Crippen molar-refractivity contribution < 1.29 is 36.2 Å². The number of azo groups is 2. The summed E-state index contributed by atoms with van der Waals surface area (Å²) < 4.78 is 70.1. The molecule has 0 aliphatic heterocycles. The molecule has 0 spiro atoms. The van der Waals surface area contributed by atoms with Crippen LogP contribution in [0.15, 0.2) is 139 Å². The quantitative estimate of drug-likeness (QED) is 0.0971. The summed E-state index contributed by atoms with van der Waals surface area (Å²) in [4.78, 5) is -1.43. The first-order chi connectivity index (χ1) is 21.9. The van der Waals surface area contributed by atoms with Gasteiger partial charge in [-0.2, -0.15) is 27.1 Å². The number of phenolic OH excluding ortho intramolecular Hbond substituents is 2. The minimum Gasteiger partial charge on any atom is -0.506 e. The zero-order valence-corrected chi connectivity index (χ0v) is 25.1. The fraction of sp³-hybridized carbons (Fsp3) is 0. The van der Waals surface area contributed by atoms with Crippen LogP contribution in [0.4, 0.5) is 22.7 Å². The van der Waals surface area contributed by atoms with Crippen LogP contribution in [0.5, 0.6) is 11.5 Å². The summed E-state index contributed by atoms with van der Waals surface area (Å²) in [6, 6.07) is 27.4. The van der Waals surface area contributed by atoms with Crippen molar-refractivity contribution in [3.05, 3.63) is 109 Å². The molecule has 0 radical (unpaired) electrons. The van der Waals surface area contributed by atoms with E-state index < -0.39 is 30.0 Å². The molecule has 0 atom stereocenters. The van der Waals surface area contributed by atoms with Crippen LogP contribution in [-0.4, -0.2) is 36.2 Å². The Morgan fingerprint density at radius 2 is 0.848 bits per heavy atom. The van der Waals surface area contributed by atoms with Gasteiger partial charge in [0.2, 0.25) is 0 Å². The van der Waals surface area contributed by atoms with Crippen LogP contribution in [0.1, 0.15) is 0 Å². The van der Waals surface area contributed by atoms with E-state index in [1.807, 2.05) is 24.3 Å². The third-order valence-corrected chi connectivity index (χ3v) is 8.85. The lowest BCUT2D eigenvalue weighted by molar-refractivity contribution is 0.476. The molecule has 0 unspecified atom stereocenters. The first kappa shape index (κ1) is 30.5. The normalized spacial score (nSPS) is 12.5. The highest BCUT2D eigenvalue weighted by atomic mass is 32.2. The van der Waals surface area contributed by atoms with Crippen molar-refractivity contribution in [3.63, 3.8) is 0 Å². The number of rotatable bonds is 7. The molecule has 6 rings (SSSR count). The van der Waals surface area contributed by atoms with Crippen molar-refractivity contribution in [2.45, 2.75) is 9.79 Å². The lowest BCUT2D eigenvalue weighted by atomic mass is 10.0. The molecule has 0 aromatic heterocycles. The van der Waals surface area contributed by atoms with Gasteiger partial charge in [0.05, 0.1) is 11.4 Å². The van der Waals surface area contributed by atoms with Crippen molar-refractivity contribution >= 4 is 64.5 Å². The Bertz CT molecular complexity index is 2290. The van der Waals surface area contributed by atoms with E-state index in [0.29, 0.717) is 10.8 Å². The van der Waals surface area contributed by atoms with Gasteiger partial charge in [0.15, 0.2) is 0 Å². The smallest absolute Gasteiger partial charge is 0.295 e. The second-order valence-electron chi connectivity index (χ2n) is 10.0. The Labute approximate surface area is 262 Å². The van der Waals surface area contributed by atoms with E-state index in [1.54, 1.807) is 36.4 Å². The Morgan fingerprint density at radius 1 is 0.457 bits per heavy atom. The first-order valence-corrected chi connectivity index (χ1v) is 16.3. The molecule has 0 fully saturated rings. The van der Waals surface area contributed by atoms with E-state index in [-0.39, 0.29) is 45.4 Å². The summed E-state index contributed by atoms with van der Waals surface area (Å²) >= 11 is 0. The molecule has 0 saturated carbocycles. The van der Waals surface area contributed by atoms with Gasteiger partial charge in [-0.05, 0) is 47.2 Å². The molecule has 6 aromatic rings. The molecule has 230 valence electrons. The molecule has 0 amide bonds. The third-order valence-electron chi connectivity index (χ3n) is 7.07. The maximum Gasteiger partial charge on any atom is 0.295 e. The summed E-state index contributed by atoms with van der Waals surface area (Å²) in [7, 11) is -9.94. The van der Waals surface area contributed by atoms with Crippen LogP contribution >= 0.6 is 0 Å². The molecule has 46 heavy (non-hydrogen) atoms. The fourth-order valence-electron chi connectivity index (χ4n) is 4.93. The highest BCUT2D eigenvalue weighted by Crippen LogP contribution is 2.40. The lowest BCUT2D eigenvalue weighted by Crippen LogP contribution is -2.05. The molecule has 4 N–H and O–H groups in total. The number of hydrogen-bond acceptors (Lipinski definition) is 10. The molecule has 6 aromatic carbocycles. The summed E-state index contributed by atoms with van der Waals surface area (Å²) in [6.45, 7) is 0. The van der Waals surface area contributed by atoms with Crippen molar-refractivity contribution in [1.82, 2.24) is 0 Å². The number of nitrogens with zero attached hydrogens (tertiary/aromatic N) is 4. The van der Waals surface area contributed by atoms with E-state index in [2.05, 4.69) is 20.5 Å². The predicted molar refractivity (Wildman–Crippen MR) is 171 cm³/mol. The van der Waals surface area contributed by atoms with Gasteiger partial charge >= 0.3 is 0 Å². The zero-order chi connectivity index (χ0) is 32.6. The van der Waals surface area contributed by atoms with Crippen LogP contribution < -0.4 is 0 Å². The molecule has 0 aliphatic rings. The maximum atomic E-state index is 12.5. The van der Waals surface area contributed by atoms with Crippen LogP contribution in [-0.2, 0) is 20.2 Å². The largest absolute Gasteiger partial charge is 0.506 e. The van der Waals surface area contributed by atoms with Crippen molar-refractivity contribution in [2.75, 3.05) is 0 Å². The number of phenols is 2. The van der Waals surface area contributed by atoms with E-state index >= 15 is 0 Å². The summed E-state index contributed by atoms with van der Waals surface area (Å²) in [5.41, 5.74) is -0.360. The summed E-state index contributed by atoms with van der Waals surface area (Å²) in [6.07, 6.45) is 0. The Morgan fingerprint density at radius 3 is 1.24 bits per heavy atom. The maximum absolute atomic E-state index is 12.5. The molecule has 14 heteroatoms. The predicted octanol–water partition coefficient (Wildman–Crippen LogP) is 8.40. The van der Waals surface area contributed by atoms with Gasteiger partial charge in [-0.1, -0.05) is 72.8 Å². The number of aromatic hydroxyl groups is 2.